The Morgan fingerprint density at radius 3 is 2.95 bits per heavy atom. The molecule has 1 heterocycles. The van der Waals surface area contributed by atoms with Gasteiger partial charge in [0.2, 0.25) is 5.91 Å². The van der Waals surface area contributed by atoms with Gasteiger partial charge in [0.15, 0.2) is 0 Å². The summed E-state index contributed by atoms with van der Waals surface area (Å²) in [7, 11) is 0. The van der Waals surface area contributed by atoms with E-state index in [4.69, 9.17) is 0 Å². The zero-order valence-corrected chi connectivity index (χ0v) is 11.7. The van der Waals surface area contributed by atoms with E-state index < -0.39 is 0 Å². The fraction of sp³-hybridized carbons (Fsp3) is 0.467. The summed E-state index contributed by atoms with van der Waals surface area (Å²) in [5, 5.41) is 8.82. The van der Waals surface area contributed by atoms with Crippen molar-refractivity contribution in [1.29, 1.82) is 0 Å². The van der Waals surface area contributed by atoms with Crippen LogP contribution in [-0.4, -0.2) is 30.9 Å². The van der Waals surface area contributed by atoms with Crippen LogP contribution in [0.15, 0.2) is 24.3 Å². The molecule has 1 atom stereocenters. The SMILES string of the molecule is CCCNC(=O)c1cccc(NC(=O)[C@@H]2CCCN2)c1. The van der Waals surface area contributed by atoms with Gasteiger partial charge in [-0.3, -0.25) is 9.59 Å². The summed E-state index contributed by atoms with van der Waals surface area (Å²) in [4.78, 5) is 23.9. The second-order valence-corrected chi connectivity index (χ2v) is 4.97. The van der Waals surface area contributed by atoms with Crippen LogP contribution in [0.25, 0.3) is 0 Å². The average molecular weight is 275 g/mol. The van der Waals surface area contributed by atoms with Crippen LogP contribution in [0.2, 0.25) is 0 Å². The monoisotopic (exact) mass is 275 g/mol. The number of hydrogen-bond donors (Lipinski definition) is 3. The van der Waals surface area contributed by atoms with Crippen molar-refractivity contribution in [2.45, 2.75) is 32.2 Å². The molecule has 1 aliphatic rings. The van der Waals surface area contributed by atoms with Crippen LogP contribution in [0.4, 0.5) is 5.69 Å². The number of benzene rings is 1. The van der Waals surface area contributed by atoms with Gasteiger partial charge in [-0.2, -0.15) is 0 Å². The normalized spacial score (nSPS) is 17.8. The summed E-state index contributed by atoms with van der Waals surface area (Å²) in [6.45, 7) is 3.55. The van der Waals surface area contributed by atoms with E-state index in [1.54, 1.807) is 24.3 Å². The van der Waals surface area contributed by atoms with Crippen LogP contribution >= 0.6 is 0 Å². The summed E-state index contributed by atoms with van der Waals surface area (Å²) in [6, 6.07) is 6.90. The van der Waals surface area contributed by atoms with Crippen LogP contribution < -0.4 is 16.0 Å². The lowest BCUT2D eigenvalue weighted by Gasteiger charge is -2.12. The van der Waals surface area contributed by atoms with E-state index >= 15 is 0 Å². The van der Waals surface area contributed by atoms with Gasteiger partial charge in [-0.25, -0.2) is 0 Å². The fourth-order valence-corrected chi connectivity index (χ4v) is 2.22. The lowest BCUT2D eigenvalue weighted by atomic mass is 10.1. The molecule has 0 bridgehead atoms. The van der Waals surface area contributed by atoms with Gasteiger partial charge in [0.1, 0.15) is 0 Å². The number of amides is 2. The molecule has 3 N–H and O–H groups in total. The van der Waals surface area contributed by atoms with Gasteiger partial charge >= 0.3 is 0 Å². The maximum atomic E-state index is 12.0. The third kappa shape index (κ3) is 3.81. The minimum absolute atomic E-state index is 0.0337. The Hall–Kier alpha value is -1.88. The molecule has 108 valence electrons. The minimum atomic E-state index is -0.118. The molecule has 0 aliphatic carbocycles. The molecule has 2 rings (SSSR count). The number of anilines is 1. The molecule has 0 spiro atoms. The second kappa shape index (κ2) is 7.05. The lowest BCUT2D eigenvalue weighted by molar-refractivity contribution is -0.117. The molecule has 1 saturated heterocycles. The Kier molecular flexibility index (Phi) is 5.12. The molecule has 5 heteroatoms. The van der Waals surface area contributed by atoms with Crippen LogP contribution in [0.3, 0.4) is 0 Å². The summed E-state index contributed by atoms with van der Waals surface area (Å²) in [6.07, 6.45) is 2.79. The van der Waals surface area contributed by atoms with Crippen molar-refractivity contribution in [3.63, 3.8) is 0 Å². The molecule has 1 fully saturated rings. The molecule has 0 aromatic heterocycles. The van der Waals surface area contributed by atoms with E-state index in [2.05, 4.69) is 16.0 Å². The van der Waals surface area contributed by atoms with Gasteiger partial charge in [0.25, 0.3) is 5.91 Å². The predicted octanol–water partition coefficient (Wildman–Crippen LogP) is 1.52. The number of carbonyl (C=O) groups excluding carboxylic acids is 2. The van der Waals surface area contributed by atoms with E-state index in [-0.39, 0.29) is 17.9 Å². The topological polar surface area (TPSA) is 70.2 Å². The van der Waals surface area contributed by atoms with Crippen molar-refractivity contribution in [2.24, 2.45) is 0 Å². The maximum absolute atomic E-state index is 12.0. The molecule has 1 aromatic rings. The lowest BCUT2D eigenvalue weighted by Crippen LogP contribution is -2.35. The van der Waals surface area contributed by atoms with Crippen molar-refractivity contribution in [3.8, 4) is 0 Å². The van der Waals surface area contributed by atoms with Gasteiger partial charge in [0.05, 0.1) is 6.04 Å². The van der Waals surface area contributed by atoms with E-state index in [1.807, 2.05) is 6.92 Å². The standard InChI is InChI=1S/C15H21N3O2/c1-2-8-17-14(19)11-5-3-6-12(10-11)18-15(20)13-7-4-9-16-13/h3,5-6,10,13,16H,2,4,7-9H2,1H3,(H,17,19)(H,18,20)/t13-/m0/s1. The Morgan fingerprint density at radius 1 is 1.40 bits per heavy atom. The van der Waals surface area contributed by atoms with E-state index in [0.29, 0.717) is 17.8 Å². The number of nitrogens with one attached hydrogen (secondary N) is 3. The second-order valence-electron chi connectivity index (χ2n) is 4.97. The number of hydrogen-bond acceptors (Lipinski definition) is 3. The molecule has 5 nitrogen and oxygen atoms in total. The van der Waals surface area contributed by atoms with E-state index in [1.165, 1.54) is 0 Å². The molecule has 1 aliphatic heterocycles. The van der Waals surface area contributed by atoms with Crippen LogP contribution in [0, 0.1) is 0 Å². The first-order valence-corrected chi connectivity index (χ1v) is 7.13. The Morgan fingerprint density at radius 2 is 2.25 bits per heavy atom. The first-order valence-electron chi connectivity index (χ1n) is 7.13. The molecular weight excluding hydrogens is 254 g/mol. The van der Waals surface area contributed by atoms with Crippen LogP contribution in [0.1, 0.15) is 36.5 Å². The molecular formula is C15H21N3O2. The summed E-state index contributed by atoms with van der Waals surface area (Å²) in [5.41, 5.74) is 1.23. The quantitative estimate of drug-likeness (QED) is 0.763. The molecule has 20 heavy (non-hydrogen) atoms. The first-order chi connectivity index (χ1) is 9.70. The fourth-order valence-electron chi connectivity index (χ4n) is 2.22. The predicted molar refractivity (Wildman–Crippen MR) is 78.7 cm³/mol. The highest BCUT2D eigenvalue weighted by molar-refractivity contribution is 5.98. The molecule has 0 radical (unpaired) electrons. The number of rotatable bonds is 5. The van der Waals surface area contributed by atoms with E-state index in [0.717, 1.165) is 25.8 Å². The Bertz CT molecular complexity index is 482. The van der Waals surface area contributed by atoms with Crippen molar-refractivity contribution in [3.05, 3.63) is 29.8 Å². The van der Waals surface area contributed by atoms with Crippen LogP contribution in [-0.2, 0) is 4.79 Å². The largest absolute Gasteiger partial charge is 0.352 e. The summed E-state index contributed by atoms with van der Waals surface area (Å²) >= 11 is 0. The summed E-state index contributed by atoms with van der Waals surface area (Å²) in [5.74, 6) is -0.143. The van der Waals surface area contributed by atoms with Crippen molar-refractivity contribution >= 4 is 17.5 Å². The van der Waals surface area contributed by atoms with Gasteiger partial charge in [-0.05, 0) is 44.0 Å². The van der Waals surface area contributed by atoms with Gasteiger partial charge in [-0.1, -0.05) is 13.0 Å². The average Bonchev–Trinajstić information content (AvgIpc) is 2.99. The highest BCUT2D eigenvalue weighted by Gasteiger charge is 2.21. The highest BCUT2D eigenvalue weighted by atomic mass is 16.2. The zero-order chi connectivity index (χ0) is 14.4. The van der Waals surface area contributed by atoms with Crippen molar-refractivity contribution in [2.75, 3.05) is 18.4 Å². The van der Waals surface area contributed by atoms with Gasteiger partial charge < -0.3 is 16.0 Å². The smallest absolute Gasteiger partial charge is 0.251 e. The third-order valence-electron chi connectivity index (χ3n) is 3.30. The molecule has 2 amide bonds. The zero-order valence-electron chi connectivity index (χ0n) is 11.7. The third-order valence-corrected chi connectivity index (χ3v) is 3.30. The Balaban J connectivity index is 1.98. The molecule has 0 unspecified atom stereocenters. The minimum Gasteiger partial charge on any atom is -0.352 e. The summed E-state index contributed by atoms with van der Waals surface area (Å²) < 4.78 is 0. The van der Waals surface area contributed by atoms with Gasteiger partial charge in [-0.15, -0.1) is 0 Å². The van der Waals surface area contributed by atoms with Crippen molar-refractivity contribution < 1.29 is 9.59 Å². The van der Waals surface area contributed by atoms with Gasteiger partial charge in [0, 0.05) is 17.8 Å². The molecule has 0 saturated carbocycles. The first kappa shape index (κ1) is 14.5. The highest BCUT2D eigenvalue weighted by Crippen LogP contribution is 2.13. The van der Waals surface area contributed by atoms with E-state index in [9.17, 15) is 9.59 Å². The molecule has 1 aromatic carbocycles. The number of carbonyl (C=O) groups is 2. The van der Waals surface area contributed by atoms with Crippen molar-refractivity contribution in [1.82, 2.24) is 10.6 Å². The maximum Gasteiger partial charge on any atom is 0.251 e. The Labute approximate surface area is 119 Å². The van der Waals surface area contributed by atoms with Crippen LogP contribution in [0.5, 0.6) is 0 Å².